The molecule has 120 valence electrons. The van der Waals surface area contributed by atoms with Crippen LogP contribution in [0.2, 0.25) is 0 Å². The largest absolute Gasteiger partial charge is 0.463 e. The zero-order chi connectivity index (χ0) is 15.5. The Labute approximate surface area is 127 Å². The summed E-state index contributed by atoms with van der Waals surface area (Å²) in [6.45, 7) is 4.63. The van der Waals surface area contributed by atoms with Crippen LogP contribution in [0.4, 0.5) is 0 Å². The highest BCUT2D eigenvalue weighted by atomic mass is 16.5. The van der Waals surface area contributed by atoms with Gasteiger partial charge in [-0.1, -0.05) is 33.1 Å². The van der Waals surface area contributed by atoms with Gasteiger partial charge in [0.15, 0.2) is 0 Å². The van der Waals surface area contributed by atoms with Gasteiger partial charge in [-0.05, 0) is 38.0 Å². The third-order valence-corrected chi connectivity index (χ3v) is 3.87. The fraction of sp³-hybridized carbons (Fsp3) is 0.765. The number of esters is 2. The molecule has 1 aliphatic rings. The van der Waals surface area contributed by atoms with Crippen LogP contribution in [0.1, 0.15) is 65.2 Å². The number of carbonyl (C=O) groups is 2. The molecule has 0 radical (unpaired) electrons. The van der Waals surface area contributed by atoms with E-state index in [0.717, 1.165) is 50.5 Å². The van der Waals surface area contributed by atoms with E-state index in [4.69, 9.17) is 9.47 Å². The van der Waals surface area contributed by atoms with Crippen molar-refractivity contribution < 1.29 is 19.1 Å². The van der Waals surface area contributed by atoms with Crippen molar-refractivity contribution in [1.29, 1.82) is 0 Å². The fourth-order valence-corrected chi connectivity index (χ4v) is 2.65. The van der Waals surface area contributed by atoms with Gasteiger partial charge in [-0.3, -0.25) is 0 Å². The Kier molecular flexibility index (Phi) is 8.79. The molecule has 0 bridgehead atoms. The van der Waals surface area contributed by atoms with Gasteiger partial charge in [-0.15, -0.1) is 0 Å². The second-order valence-electron chi connectivity index (χ2n) is 5.72. The highest BCUT2D eigenvalue weighted by molar-refractivity contribution is 5.91. The molecule has 0 saturated heterocycles. The van der Waals surface area contributed by atoms with Crippen LogP contribution in [0.3, 0.4) is 0 Å². The second-order valence-corrected chi connectivity index (χ2v) is 5.72. The molecule has 0 aromatic rings. The van der Waals surface area contributed by atoms with E-state index in [1.807, 2.05) is 6.92 Å². The third kappa shape index (κ3) is 7.88. The van der Waals surface area contributed by atoms with Gasteiger partial charge in [0.2, 0.25) is 0 Å². The summed E-state index contributed by atoms with van der Waals surface area (Å²) in [5.41, 5.74) is 0. The number of carbonyl (C=O) groups excluding carboxylic acids is 2. The van der Waals surface area contributed by atoms with E-state index < -0.39 is 11.9 Å². The maximum atomic E-state index is 11.6. The van der Waals surface area contributed by atoms with Gasteiger partial charge in [0.25, 0.3) is 0 Å². The second kappa shape index (κ2) is 10.4. The van der Waals surface area contributed by atoms with Gasteiger partial charge in [0.05, 0.1) is 6.61 Å². The first kappa shape index (κ1) is 17.7. The zero-order valence-corrected chi connectivity index (χ0v) is 13.3. The molecule has 21 heavy (non-hydrogen) atoms. The molecule has 0 aromatic carbocycles. The zero-order valence-electron chi connectivity index (χ0n) is 13.3. The molecule has 0 N–H and O–H groups in total. The van der Waals surface area contributed by atoms with Crippen LogP contribution in [0, 0.1) is 5.92 Å². The molecule has 0 heterocycles. The highest BCUT2D eigenvalue weighted by Crippen LogP contribution is 2.29. The molecule has 0 aliphatic heterocycles. The summed E-state index contributed by atoms with van der Waals surface area (Å²) >= 11 is 0. The van der Waals surface area contributed by atoms with Gasteiger partial charge < -0.3 is 9.47 Å². The van der Waals surface area contributed by atoms with Crippen molar-refractivity contribution in [3.63, 3.8) is 0 Å². The minimum Gasteiger partial charge on any atom is -0.463 e. The standard InChI is InChI=1S/C17H28O4/c1-3-5-13-20-16(18)11-12-17(19)21-15-9-7-14(6-4-2)8-10-15/h11-12,14-15H,3-10,13H2,1-2H3/b12-11+. The third-order valence-electron chi connectivity index (χ3n) is 3.87. The summed E-state index contributed by atoms with van der Waals surface area (Å²) in [6.07, 6.45) is 10.8. The molecular weight excluding hydrogens is 268 g/mol. The Bertz CT molecular complexity index is 341. The molecule has 0 spiro atoms. The van der Waals surface area contributed by atoms with Crippen LogP contribution in [0.5, 0.6) is 0 Å². The first-order valence-electron chi connectivity index (χ1n) is 8.21. The Morgan fingerprint density at radius 2 is 1.67 bits per heavy atom. The maximum absolute atomic E-state index is 11.6. The summed E-state index contributed by atoms with van der Waals surface area (Å²) in [4.78, 5) is 22.9. The predicted molar refractivity (Wildman–Crippen MR) is 81.8 cm³/mol. The highest BCUT2D eigenvalue weighted by Gasteiger charge is 2.22. The first-order chi connectivity index (χ1) is 10.2. The molecule has 1 saturated carbocycles. The molecule has 4 heteroatoms. The molecule has 1 aliphatic carbocycles. The van der Waals surface area contributed by atoms with Gasteiger partial charge in [0.1, 0.15) is 6.10 Å². The predicted octanol–water partition coefficient (Wildman–Crippen LogP) is 3.79. The molecule has 4 nitrogen and oxygen atoms in total. The Balaban J connectivity index is 2.20. The lowest BCUT2D eigenvalue weighted by atomic mass is 9.85. The molecule has 0 amide bonds. The van der Waals surface area contributed by atoms with E-state index in [9.17, 15) is 9.59 Å². The van der Waals surface area contributed by atoms with Crippen LogP contribution in [-0.4, -0.2) is 24.6 Å². The molecule has 0 aromatic heterocycles. The smallest absolute Gasteiger partial charge is 0.331 e. The topological polar surface area (TPSA) is 52.6 Å². The summed E-state index contributed by atoms with van der Waals surface area (Å²) in [5, 5.41) is 0. The number of hydrogen-bond donors (Lipinski definition) is 0. The fourth-order valence-electron chi connectivity index (χ4n) is 2.65. The molecule has 1 fully saturated rings. The maximum Gasteiger partial charge on any atom is 0.331 e. The molecule has 0 atom stereocenters. The molecule has 0 unspecified atom stereocenters. The van der Waals surface area contributed by atoms with Crippen molar-refractivity contribution in [3.05, 3.63) is 12.2 Å². The van der Waals surface area contributed by atoms with Crippen LogP contribution >= 0.6 is 0 Å². The lowest BCUT2D eigenvalue weighted by Crippen LogP contribution is -2.23. The Morgan fingerprint density at radius 3 is 2.29 bits per heavy atom. The van der Waals surface area contributed by atoms with Crippen LogP contribution in [0.25, 0.3) is 0 Å². The van der Waals surface area contributed by atoms with Crippen LogP contribution in [0.15, 0.2) is 12.2 Å². The van der Waals surface area contributed by atoms with Crippen molar-refractivity contribution in [2.75, 3.05) is 6.61 Å². The van der Waals surface area contributed by atoms with E-state index in [1.165, 1.54) is 18.9 Å². The summed E-state index contributed by atoms with van der Waals surface area (Å²) in [5.74, 6) is -0.137. The van der Waals surface area contributed by atoms with Gasteiger partial charge in [-0.2, -0.15) is 0 Å². The molecule has 1 rings (SSSR count). The summed E-state index contributed by atoms with van der Waals surface area (Å²) in [6, 6.07) is 0. The van der Waals surface area contributed by atoms with Crippen LogP contribution < -0.4 is 0 Å². The van der Waals surface area contributed by atoms with E-state index in [-0.39, 0.29) is 6.10 Å². The normalized spacial score (nSPS) is 22.2. The Hall–Kier alpha value is -1.32. The monoisotopic (exact) mass is 296 g/mol. The van der Waals surface area contributed by atoms with Crippen molar-refractivity contribution in [2.24, 2.45) is 5.92 Å². The Morgan fingerprint density at radius 1 is 1.00 bits per heavy atom. The van der Waals surface area contributed by atoms with E-state index >= 15 is 0 Å². The lowest BCUT2D eigenvalue weighted by molar-refractivity contribution is -0.145. The van der Waals surface area contributed by atoms with Crippen molar-refractivity contribution in [3.8, 4) is 0 Å². The van der Waals surface area contributed by atoms with Crippen molar-refractivity contribution in [2.45, 2.75) is 71.3 Å². The average Bonchev–Trinajstić information content (AvgIpc) is 2.48. The van der Waals surface area contributed by atoms with Crippen molar-refractivity contribution in [1.82, 2.24) is 0 Å². The SMILES string of the molecule is CCCCOC(=O)/C=C/C(=O)OC1CCC(CCC)CC1. The van der Waals surface area contributed by atoms with Gasteiger partial charge in [-0.25, -0.2) is 9.59 Å². The summed E-state index contributed by atoms with van der Waals surface area (Å²) < 4.78 is 10.3. The number of ether oxygens (including phenoxy) is 2. The lowest BCUT2D eigenvalue weighted by Gasteiger charge is -2.27. The average molecular weight is 296 g/mol. The molecular formula is C17H28O4. The number of unbranched alkanes of at least 4 members (excludes halogenated alkanes) is 1. The van der Waals surface area contributed by atoms with Crippen molar-refractivity contribution >= 4 is 11.9 Å². The number of rotatable bonds is 8. The van der Waals surface area contributed by atoms with E-state index in [1.54, 1.807) is 0 Å². The summed E-state index contributed by atoms with van der Waals surface area (Å²) in [7, 11) is 0. The van der Waals surface area contributed by atoms with E-state index in [0.29, 0.717) is 6.61 Å². The number of hydrogen-bond acceptors (Lipinski definition) is 4. The van der Waals surface area contributed by atoms with Gasteiger partial charge in [0, 0.05) is 12.2 Å². The first-order valence-corrected chi connectivity index (χ1v) is 8.21. The quantitative estimate of drug-likeness (QED) is 0.388. The van der Waals surface area contributed by atoms with E-state index in [2.05, 4.69) is 6.92 Å². The van der Waals surface area contributed by atoms with Gasteiger partial charge >= 0.3 is 11.9 Å². The van der Waals surface area contributed by atoms with Crippen LogP contribution in [-0.2, 0) is 19.1 Å². The minimum absolute atomic E-state index is 0.00590. The minimum atomic E-state index is -0.480.